The molecule has 4 aromatic rings. The summed E-state index contributed by atoms with van der Waals surface area (Å²) in [6.45, 7) is 1.94. The summed E-state index contributed by atoms with van der Waals surface area (Å²) in [6.07, 6.45) is 4.96. The van der Waals surface area contributed by atoms with Crippen molar-refractivity contribution in [3.05, 3.63) is 94.6 Å². The number of fused-ring (bicyclic) bond motifs is 2. The molecule has 0 aliphatic carbocycles. The van der Waals surface area contributed by atoms with Crippen LogP contribution >= 0.6 is 11.3 Å². The molecule has 2 aromatic carbocycles. The minimum Gasteiger partial charge on any atom is -0.370 e. The molecule has 7 nitrogen and oxygen atoms in total. The molecule has 6 rings (SSSR count). The van der Waals surface area contributed by atoms with Gasteiger partial charge in [0.25, 0.3) is 11.8 Å². The number of nitrogens with one attached hydrogen (secondary N) is 1. The van der Waals surface area contributed by atoms with Crippen LogP contribution in [0.5, 0.6) is 0 Å². The van der Waals surface area contributed by atoms with E-state index in [0.717, 1.165) is 35.5 Å². The van der Waals surface area contributed by atoms with Gasteiger partial charge < -0.3 is 10.2 Å². The zero-order valence-electron chi connectivity index (χ0n) is 20.2. The highest BCUT2D eigenvalue weighted by Crippen LogP contribution is 2.35. The molecule has 8 heteroatoms. The number of benzene rings is 2. The van der Waals surface area contributed by atoms with Crippen molar-refractivity contribution in [3.63, 3.8) is 0 Å². The van der Waals surface area contributed by atoms with E-state index in [1.54, 1.807) is 35.9 Å². The summed E-state index contributed by atoms with van der Waals surface area (Å²) in [5, 5.41) is 4.30. The molecule has 1 saturated heterocycles. The second-order valence-electron chi connectivity index (χ2n) is 9.51. The van der Waals surface area contributed by atoms with Crippen LogP contribution in [0.25, 0.3) is 10.1 Å². The maximum absolute atomic E-state index is 13.4. The monoisotopic (exact) mass is 510 g/mol. The molecular formula is C29H26N4O3S. The molecule has 0 bridgehead atoms. The second-order valence-corrected chi connectivity index (χ2v) is 10.7. The van der Waals surface area contributed by atoms with E-state index in [0.29, 0.717) is 24.2 Å². The maximum atomic E-state index is 13.4. The lowest BCUT2D eigenvalue weighted by molar-refractivity contribution is -0.125. The highest BCUT2D eigenvalue weighted by Gasteiger charge is 2.39. The number of piperidine rings is 1. The number of hydrogen-bond donors (Lipinski definition) is 1. The second kappa shape index (κ2) is 9.78. The topological polar surface area (TPSA) is 82.6 Å². The Hall–Kier alpha value is -4.04. The zero-order chi connectivity index (χ0) is 25.4. The highest BCUT2D eigenvalue weighted by atomic mass is 32.1. The van der Waals surface area contributed by atoms with Crippen LogP contribution in [-0.4, -0.2) is 40.7 Å². The number of amides is 3. The van der Waals surface area contributed by atoms with Crippen molar-refractivity contribution in [1.29, 1.82) is 0 Å². The first kappa shape index (κ1) is 23.4. The third kappa shape index (κ3) is 4.49. The highest BCUT2D eigenvalue weighted by molar-refractivity contribution is 7.19. The minimum atomic E-state index is -0.296. The molecular weight excluding hydrogens is 484 g/mol. The zero-order valence-corrected chi connectivity index (χ0v) is 21.0. The van der Waals surface area contributed by atoms with E-state index in [-0.39, 0.29) is 30.2 Å². The number of rotatable bonds is 6. The van der Waals surface area contributed by atoms with Crippen molar-refractivity contribution in [1.82, 2.24) is 15.2 Å². The fourth-order valence-electron chi connectivity index (χ4n) is 5.25. The average Bonchev–Trinajstić information content (AvgIpc) is 3.47. The molecule has 4 heterocycles. The third-order valence-electron chi connectivity index (χ3n) is 7.09. The standard InChI is InChI=1S/C29H26N4O3S/c34-27(31-16-22-14-20-7-1-2-11-25(20)37-22)21-8-5-13-32(18-21)24-10-3-9-23-26(24)29(36)33(28(23)35)17-19-6-4-12-30-15-19/h1-4,6-7,9-12,14-15,21H,5,8,13,16-18H2,(H,31,34)/t21-/m1/s1. The Morgan fingerprint density at radius 3 is 2.78 bits per heavy atom. The molecule has 186 valence electrons. The van der Waals surface area contributed by atoms with Crippen LogP contribution in [0.15, 0.2) is 73.1 Å². The summed E-state index contributed by atoms with van der Waals surface area (Å²) in [4.78, 5) is 48.2. The van der Waals surface area contributed by atoms with Gasteiger partial charge in [-0.25, -0.2) is 0 Å². The van der Waals surface area contributed by atoms with E-state index in [1.165, 1.54) is 15.0 Å². The van der Waals surface area contributed by atoms with Gasteiger partial charge >= 0.3 is 0 Å². The van der Waals surface area contributed by atoms with Crippen molar-refractivity contribution in [3.8, 4) is 0 Å². The minimum absolute atomic E-state index is 0.0235. The predicted molar refractivity (Wildman–Crippen MR) is 143 cm³/mol. The molecule has 1 fully saturated rings. The lowest BCUT2D eigenvalue weighted by Crippen LogP contribution is -2.43. The molecule has 0 spiro atoms. The number of carbonyl (C=O) groups excluding carboxylic acids is 3. The molecule has 1 N–H and O–H groups in total. The molecule has 37 heavy (non-hydrogen) atoms. The van der Waals surface area contributed by atoms with E-state index in [9.17, 15) is 14.4 Å². The Morgan fingerprint density at radius 1 is 1.05 bits per heavy atom. The molecule has 2 aliphatic heterocycles. The van der Waals surface area contributed by atoms with E-state index in [4.69, 9.17) is 0 Å². The van der Waals surface area contributed by atoms with Gasteiger partial charge in [-0.3, -0.25) is 24.3 Å². The molecule has 0 saturated carbocycles. The maximum Gasteiger partial charge on any atom is 0.263 e. The summed E-state index contributed by atoms with van der Waals surface area (Å²) in [5.74, 6) is -0.746. The van der Waals surface area contributed by atoms with Gasteiger partial charge in [-0.15, -0.1) is 11.3 Å². The van der Waals surface area contributed by atoms with Crippen molar-refractivity contribution in [2.45, 2.75) is 25.9 Å². The van der Waals surface area contributed by atoms with Gasteiger partial charge in [-0.05, 0) is 54.1 Å². The van der Waals surface area contributed by atoms with E-state index >= 15 is 0 Å². The van der Waals surface area contributed by atoms with Crippen molar-refractivity contribution in [2.24, 2.45) is 5.92 Å². The van der Waals surface area contributed by atoms with Crippen LogP contribution in [0, 0.1) is 5.92 Å². The number of aromatic nitrogens is 1. The molecule has 2 aromatic heterocycles. The largest absolute Gasteiger partial charge is 0.370 e. The van der Waals surface area contributed by atoms with Crippen molar-refractivity contribution >= 4 is 44.8 Å². The first-order chi connectivity index (χ1) is 18.1. The Bertz CT molecular complexity index is 1470. The van der Waals surface area contributed by atoms with E-state index < -0.39 is 0 Å². The fraction of sp³-hybridized carbons (Fsp3) is 0.241. The van der Waals surface area contributed by atoms with Crippen LogP contribution in [0.4, 0.5) is 5.69 Å². The molecule has 1 atom stereocenters. The molecule has 3 amide bonds. The van der Waals surface area contributed by atoms with Crippen LogP contribution in [0.3, 0.4) is 0 Å². The van der Waals surface area contributed by atoms with Crippen LogP contribution < -0.4 is 10.2 Å². The summed E-state index contributed by atoms with van der Waals surface area (Å²) >= 11 is 1.69. The number of hydrogen-bond acceptors (Lipinski definition) is 6. The average molecular weight is 511 g/mol. The van der Waals surface area contributed by atoms with Crippen molar-refractivity contribution in [2.75, 3.05) is 18.0 Å². The summed E-state index contributed by atoms with van der Waals surface area (Å²) in [6, 6.07) is 19.4. The van der Waals surface area contributed by atoms with Gasteiger partial charge in [-0.1, -0.05) is 30.3 Å². The number of imide groups is 1. The van der Waals surface area contributed by atoms with Gasteiger partial charge in [0.05, 0.1) is 35.8 Å². The van der Waals surface area contributed by atoms with Gasteiger partial charge in [0.1, 0.15) is 0 Å². The smallest absolute Gasteiger partial charge is 0.263 e. The summed E-state index contributed by atoms with van der Waals surface area (Å²) in [5.41, 5.74) is 2.38. The summed E-state index contributed by atoms with van der Waals surface area (Å²) in [7, 11) is 0. The number of thiophene rings is 1. The van der Waals surface area contributed by atoms with Gasteiger partial charge in [0.15, 0.2) is 0 Å². The summed E-state index contributed by atoms with van der Waals surface area (Å²) < 4.78 is 1.21. The van der Waals surface area contributed by atoms with Gasteiger partial charge in [0, 0.05) is 35.1 Å². The Balaban J connectivity index is 1.16. The SMILES string of the molecule is O=C(NCc1cc2ccccc2s1)[C@@H]1CCCN(c2cccc3c2C(=O)N(Cc2cccnc2)C3=O)C1. The fourth-order valence-corrected chi connectivity index (χ4v) is 6.25. The first-order valence-corrected chi connectivity index (χ1v) is 13.3. The molecule has 0 unspecified atom stereocenters. The Morgan fingerprint density at radius 2 is 1.95 bits per heavy atom. The van der Waals surface area contributed by atoms with Crippen LogP contribution in [0.1, 0.15) is 44.0 Å². The van der Waals surface area contributed by atoms with Gasteiger partial charge in [0.2, 0.25) is 5.91 Å². The normalized spacial score (nSPS) is 17.4. The van der Waals surface area contributed by atoms with E-state index in [1.807, 2.05) is 30.3 Å². The lowest BCUT2D eigenvalue weighted by Gasteiger charge is -2.34. The van der Waals surface area contributed by atoms with Crippen LogP contribution in [0.2, 0.25) is 0 Å². The van der Waals surface area contributed by atoms with Crippen LogP contribution in [-0.2, 0) is 17.9 Å². The third-order valence-corrected chi connectivity index (χ3v) is 8.20. The Labute approximate surface area is 218 Å². The first-order valence-electron chi connectivity index (χ1n) is 12.5. The molecule has 0 radical (unpaired) electrons. The van der Waals surface area contributed by atoms with E-state index in [2.05, 4.69) is 33.4 Å². The number of nitrogens with zero attached hydrogens (tertiary/aromatic N) is 3. The number of anilines is 1. The lowest BCUT2D eigenvalue weighted by atomic mass is 9.95. The number of pyridine rings is 1. The predicted octanol–water partition coefficient (Wildman–Crippen LogP) is 4.63. The van der Waals surface area contributed by atoms with Crippen molar-refractivity contribution < 1.29 is 14.4 Å². The Kier molecular flexibility index (Phi) is 6.18. The molecule has 2 aliphatic rings. The quantitative estimate of drug-likeness (QED) is 0.383. The van der Waals surface area contributed by atoms with Gasteiger partial charge in [-0.2, -0.15) is 0 Å². The number of carbonyl (C=O) groups is 3.